The van der Waals surface area contributed by atoms with Crippen LogP contribution in [0.4, 0.5) is 11.5 Å². The smallest absolute Gasteiger partial charge is 0.265 e. The zero-order valence-electron chi connectivity index (χ0n) is 15.9. The fourth-order valence-corrected chi connectivity index (χ4v) is 4.59. The van der Waals surface area contributed by atoms with Crippen LogP contribution in [0.15, 0.2) is 35.5 Å². The molecular weight excluding hydrogens is 392 g/mol. The number of thioether (sulfide) groups is 1. The monoisotopic (exact) mass is 414 g/mol. The molecule has 4 rings (SSSR count). The van der Waals surface area contributed by atoms with E-state index >= 15 is 0 Å². The van der Waals surface area contributed by atoms with Crippen molar-refractivity contribution in [3.05, 3.63) is 35.2 Å². The Bertz CT molecular complexity index is 982. The number of carbonyl (C=O) groups is 1. The molecule has 8 heteroatoms. The van der Waals surface area contributed by atoms with Crippen LogP contribution in [0.3, 0.4) is 0 Å². The minimum Gasteiger partial charge on any atom is -0.494 e. The number of nitrogens with zero attached hydrogens (tertiary/aromatic N) is 3. The van der Waals surface area contributed by atoms with Gasteiger partial charge in [-0.2, -0.15) is 0 Å². The molecule has 0 atom stereocenters. The minimum absolute atomic E-state index is 0.134. The topological polar surface area (TPSA) is 67.3 Å². The number of anilines is 2. The van der Waals surface area contributed by atoms with Crippen molar-refractivity contribution in [3.63, 3.8) is 0 Å². The van der Waals surface area contributed by atoms with Crippen LogP contribution in [-0.4, -0.2) is 41.8 Å². The van der Waals surface area contributed by atoms with E-state index in [1.54, 1.807) is 0 Å². The Morgan fingerprint density at radius 3 is 2.68 bits per heavy atom. The summed E-state index contributed by atoms with van der Waals surface area (Å²) in [4.78, 5) is 25.9. The lowest BCUT2D eigenvalue weighted by atomic mass is 10.3. The maximum atomic E-state index is 12.8. The first-order chi connectivity index (χ1) is 13.7. The van der Waals surface area contributed by atoms with Gasteiger partial charge in [0.1, 0.15) is 16.4 Å². The summed E-state index contributed by atoms with van der Waals surface area (Å²) in [6.45, 7) is 4.57. The van der Waals surface area contributed by atoms with E-state index in [0.29, 0.717) is 11.5 Å². The highest BCUT2D eigenvalue weighted by atomic mass is 32.2. The molecule has 0 aliphatic carbocycles. The van der Waals surface area contributed by atoms with Gasteiger partial charge < -0.3 is 15.0 Å². The van der Waals surface area contributed by atoms with Crippen molar-refractivity contribution < 1.29 is 9.53 Å². The molecule has 0 spiro atoms. The largest absolute Gasteiger partial charge is 0.494 e. The van der Waals surface area contributed by atoms with Gasteiger partial charge in [0.05, 0.1) is 16.9 Å². The van der Waals surface area contributed by atoms with Crippen LogP contribution >= 0.6 is 23.1 Å². The SMILES string of the molecule is CCOc1ccc(NC(=O)c2cc3c(N4CCCC4)nc(SC)nc3s2)cc1. The Balaban J connectivity index is 1.61. The second kappa shape index (κ2) is 8.36. The van der Waals surface area contributed by atoms with E-state index < -0.39 is 0 Å². The molecule has 2 aromatic heterocycles. The quantitative estimate of drug-likeness (QED) is 0.467. The number of carbonyl (C=O) groups excluding carboxylic acids is 1. The Morgan fingerprint density at radius 2 is 2.00 bits per heavy atom. The molecule has 0 saturated carbocycles. The number of benzene rings is 1. The van der Waals surface area contributed by atoms with Crippen LogP contribution in [-0.2, 0) is 0 Å². The summed E-state index contributed by atoms with van der Waals surface area (Å²) in [6, 6.07) is 9.31. The number of amides is 1. The van der Waals surface area contributed by atoms with Crippen molar-refractivity contribution in [2.75, 3.05) is 36.2 Å². The molecule has 3 heterocycles. The maximum absolute atomic E-state index is 12.8. The van der Waals surface area contributed by atoms with E-state index in [9.17, 15) is 4.79 Å². The highest BCUT2D eigenvalue weighted by molar-refractivity contribution is 7.98. The molecule has 1 N–H and O–H groups in total. The maximum Gasteiger partial charge on any atom is 0.265 e. The van der Waals surface area contributed by atoms with Crippen LogP contribution < -0.4 is 15.0 Å². The molecular formula is C20H22N4O2S2. The lowest BCUT2D eigenvalue weighted by molar-refractivity contribution is 0.103. The summed E-state index contributed by atoms with van der Waals surface area (Å²) in [5, 5.41) is 4.66. The van der Waals surface area contributed by atoms with Crippen LogP contribution in [0.2, 0.25) is 0 Å². The van der Waals surface area contributed by atoms with Gasteiger partial charge in [-0.1, -0.05) is 11.8 Å². The second-order valence-electron chi connectivity index (χ2n) is 6.47. The van der Waals surface area contributed by atoms with Crippen molar-refractivity contribution in [3.8, 4) is 5.75 Å². The molecule has 0 bridgehead atoms. The molecule has 1 amide bonds. The summed E-state index contributed by atoms with van der Waals surface area (Å²) in [7, 11) is 0. The van der Waals surface area contributed by atoms with Gasteiger partial charge in [0.25, 0.3) is 5.91 Å². The zero-order valence-corrected chi connectivity index (χ0v) is 17.5. The van der Waals surface area contributed by atoms with Gasteiger partial charge in [0.2, 0.25) is 0 Å². The average molecular weight is 415 g/mol. The normalized spacial score (nSPS) is 13.9. The van der Waals surface area contributed by atoms with Gasteiger partial charge in [-0.3, -0.25) is 4.79 Å². The first-order valence-corrected chi connectivity index (χ1v) is 11.4. The van der Waals surface area contributed by atoms with E-state index in [4.69, 9.17) is 9.72 Å². The van der Waals surface area contributed by atoms with Gasteiger partial charge in [0.15, 0.2) is 5.16 Å². The van der Waals surface area contributed by atoms with Crippen molar-refractivity contribution in [2.45, 2.75) is 24.9 Å². The first-order valence-electron chi connectivity index (χ1n) is 9.32. The molecule has 146 valence electrons. The average Bonchev–Trinajstić information content (AvgIpc) is 3.38. The third-order valence-corrected chi connectivity index (χ3v) is 6.16. The number of hydrogen-bond donors (Lipinski definition) is 1. The van der Waals surface area contributed by atoms with Crippen LogP contribution in [0.5, 0.6) is 5.75 Å². The Labute approximate surface area is 172 Å². The molecule has 1 fully saturated rings. The fourth-order valence-electron chi connectivity index (χ4n) is 3.25. The summed E-state index contributed by atoms with van der Waals surface area (Å²) in [6.07, 6.45) is 4.33. The molecule has 1 aliphatic heterocycles. The predicted molar refractivity (Wildman–Crippen MR) is 116 cm³/mol. The first kappa shape index (κ1) is 19.0. The zero-order chi connectivity index (χ0) is 19.5. The van der Waals surface area contributed by atoms with E-state index in [-0.39, 0.29) is 5.91 Å². The van der Waals surface area contributed by atoms with Gasteiger partial charge in [-0.25, -0.2) is 9.97 Å². The summed E-state index contributed by atoms with van der Waals surface area (Å²) in [5.41, 5.74) is 0.738. The van der Waals surface area contributed by atoms with E-state index in [1.165, 1.54) is 35.9 Å². The molecule has 6 nitrogen and oxygen atoms in total. The molecule has 1 aliphatic rings. The van der Waals surface area contributed by atoms with E-state index in [0.717, 1.165) is 45.7 Å². The van der Waals surface area contributed by atoms with E-state index in [1.807, 2.05) is 43.5 Å². The minimum atomic E-state index is -0.134. The molecule has 1 aromatic carbocycles. The molecule has 28 heavy (non-hydrogen) atoms. The van der Waals surface area contributed by atoms with Crippen molar-refractivity contribution in [1.82, 2.24) is 9.97 Å². The standard InChI is InChI=1S/C20H22N4O2S2/c1-3-26-14-8-6-13(7-9-14)21-18(25)16-12-15-17(24-10-4-5-11-24)22-20(27-2)23-19(15)28-16/h6-9,12H,3-5,10-11H2,1-2H3,(H,21,25). The molecule has 0 unspecified atom stereocenters. The predicted octanol–water partition coefficient (Wildman–Crippen LogP) is 4.66. The van der Waals surface area contributed by atoms with Crippen molar-refractivity contribution >= 4 is 50.7 Å². The lowest BCUT2D eigenvalue weighted by Gasteiger charge is -2.17. The van der Waals surface area contributed by atoms with Crippen LogP contribution in [0, 0.1) is 0 Å². The van der Waals surface area contributed by atoms with Crippen LogP contribution in [0.1, 0.15) is 29.4 Å². The molecule has 0 radical (unpaired) electrons. The van der Waals surface area contributed by atoms with Gasteiger partial charge >= 0.3 is 0 Å². The summed E-state index contributed by atoms with van der Waals surface area (Å²) < 4.78 is 5.44. The van der Waals surface area contributed by atoms with Crippen molar-refractivity contribution in [2.24, 2.45) is 0 Å². The van der Waals surface area contributed by atoms with Gasteiger partial charge in [-0.15, -0.1) is 11.3 Å². The highest BCUT2D eigenvalue weighted by Crippen LogP contribution is 2.34. The van der Waals surface area contributed by atoms with Crippen molar-refractivity contribution in [1.29, 1.82) is 0 Å². The number of rotatable bonds is 6. The number of thiophene rings is 1. The Hall–Kier alpha value is -2.32. The van der Waals surface area contributed by atoms with E-state index in [2.05, 4.69) is 15.2 Å². The number of ether oxygens (including phenoxy) is 1. The lowest BCUT2D eigenvalue weighted by Crippen LogP contribution is -2.19. The fraction of sp³-hybridized carbons (Fsp3) is 0.350. The third-order valence-electron chi connectivity index (χ3n) is 4.59. The highest BCUT2D eigenvalue weighted by Gasteiger charge is 2.21. The summed E-state index contributed by atoms with van der Waals surface area (Å²) >= 11 is 2.94. The number of aromatic nitrogens is 2. The van der Waals surface area contributed by atoms with Gasteiger partial charge in [0, 0.05) is 18.8 Å². The van der Waals surface area contributed by atoms with Gasteiger partial charge in [-0.05, 0) is 56.4 Å². The number of hydrogen-bond acceptors (Lipinski definition) is 7. The summed E-state index contributed by atoms with van der Waals surface area (Å²) in [5.74, 6) is 1.60. The molecule has 3 aromatic rings. The molecule has 1 saturated heterocycles. The Morgan fingerprint density at radius 1 is 1.25 bits per heavy atom. The number of nitrogens with one attached hydrogen (secondary N) is 1. The third kappa shape index (κ3) is 3.93. The second-order valence-corrected chi connectivity index (χ2v) is 8.27. The number of fused-ring (bicyclic) bond motifs is 1. The van der Waals surface area contributed by atoms with Crippen LogP contribution in [0.25, 0.3) is 10.2 Å². The Kier molecular flexibility index (Phi) is 5.68.